The fourth-order valence-corrected chi connectivity index (χ4v) is 1.83. The van der Waals surface area contributed by atoms with E-state index in [4.69, 9.17) is 0 Å². The Kier molecular flexibility index (Phi) is 5.42. The van der Waals surface area contributed by atoms with Crippen LogP contribution in [-0.2, 0) is 0 Å². The van der Waals surface area contributed by atoms with E-state index in [1.54, 1.807) is 6.33 Å². The third-order valence-corrected chi connectivity index (χ3v) is 3.10. The van der Waals surface area contributed by atoms with E-state index in [1.807, 2.05) is 0 Å². The van der Waals surface area contributed by atoms with Crippen molar-refractivity contribution < 1.29 is 0 Å². The average molecular weight is 290 g/mol. The van der Waals surface area contributed by atoms with E-state index in [0.717, 1.165) is 25.8 Å². The number of nitrogens with one attached hydrogen (secondary N) is 2. The molecule has 2 aromatic rings. The Hall–Kier alpha value is -2.25. The minimum absolute atomic E-state index is 0.343. The molecule has 0 spiro atoms. The number of rotatable bonds is 8. The Morgan fingerprint density at radius 2 is 1.86 bits per heavy atom. The minimum atomic E-state index is 0.343. The maximum Gasteiger partial charge on any atom is 0.258 e. The molecular formula is C13H22N8. The van der Waals surface area contributed by atoms with Crippen LogP contribution in [0, 0.1) is 0 Å². The summed E-state index contributed by atoms with van der Waals surface area (Å²) in [5.74, 6) is 1.56. The van der Waals surface area contributed by atoms with Gasteiger partial charge in [-0.15, -0.1) is 0 Å². The predicted molar refractivity (Wildman–Crippen MR) is 81.5 cm³/mol. The zero-order valence-electron chi connectivity index (χ0n) is 12.7. The number of anilines is 2. The van der Waals surface area contributed by atoms with Gasteiger partial charge in [-0.05, 0) is 19.3 Å². The zero-order chi connectivity index (χ0) is 15.1. The fourth-order valence-electron chi connectivity index (χ4n) is 1.83. The third kappa shape index (κ3) is 4.11. The van der Waals surface area contributed by atoms with Gasteiger partial charge in [-0.25, -0.2) is 4.98 Å². The van der Waals surface area contributed by atoms with Crippen LogP contribution in [0.4, 0.5) is 11.9 Å². The Morgan fingerprint density at radius 1 is 1.10 bits per heavy atom. The lowest BCUT2D eigenvalue weighted by Gasteiger charge is -2.15. The van der Waals surface area contributed by atoms with Gasteiger partial charge in [0.15, 0.2) is 0 Å². The van der Waals surface area contributed by atoms with E-state index < -0.39 is 0 Å². The van der Waals surface area contributed by atoms with Crippen molar-refractivity contribution in [2.75, 3.05) is 17.2 Å². The van der Waals surface area contributed by atoms with E-state index in [2.05, 4.69) is 56.4 Å². The molecule has 0 saturated carbocycles. The minimum Gasteiger partial charge on any atom is -0.354 e. The van der Waals surface area contributed by atoms with Crippen molar-refractivity contribution in [3.8, 4) is 5.95 Å². The van der Waals surface area contributed by atoms with Crippen LogP contribution < -0.4 is 10.6 Å². The number of nitrogens with zero attached hydrogens (tertiary/aromatic N) is 6. The first-order valence-corrected chi connectivity index (χ1v) is 7.38. The molecular weight excluding hydrogens is 268 g/mol. The molecule has 0 unspecified atom stereocenters. The largest absolute Gasteiger partial charge is 0.354 e. The number of aromatic nitrogens is 6. The van der Waals surface area contributed by atoms with E-state index in [1.165, 1.54) is 11.0 Å². The van der Waals surface area contributed by atoms with E-state index >= 15 is 0 Å². The highest BCUT2D eigenvalue weighted by Gasteiger charge is 2.11. The van der Waals surface area contributed by atoms with Crippen molar-refractivity contribution in [3.63, 3.8) is 0 Å². The molecule has 114 valence electrons. The van der Waals surface area contributed by atoms with Gasteiger partial charge in [-0.3, -0.25) is 0 Å². The van der Waals surface area contributed by atoms with Crippen LogP contribution in [0.1, 0.15) is 40.0 Å². The van der Waals surface area contributed by atoms with Crippen molar-refractivity contribution in [1.82, 2.24) is 29.7 Å². The quantitative estimate of drug-likeness (QED) is 0.766. The van der Waals surface area contributed by atoms with Gasteiger partial charge in [0.1, 0.15) is 12.7 Å². The Morgan fingerprint density at radius 3 is 2.48 bits per heavy atom. The van der Waals surface area contributed by atoms with Gasteiger partial charge in [0.25, 0.3) is 5.95 Å². The molecule has 0 saturated heterocycles. The van der Waals surface area contributed by atoms with Crippen LogP contribution in [0.3, 0.4) is 0 Å². The van der Waals surface area contributed by atoms with Gasteiger partial charge < -0.3 is 10.6 Å². The monoisotopic (exact) mass is 290 g/mol. The second kappa shape index (κ2) is 7.51. The van der Waals surface area contributed by atoms with Gasteiger partial charge in [0.05, 0.1) is 0 Å². The van der Waals surface area contributed by atoms with Crippen LogP contribution in [0.15, 0.2) is 12.7 Å². The van der Waals surface area contributed by atoms with E-state index in [-0.39, 0.29) is 0 Å². The van der Waals surface area contributed by atoms with Crippen molar-refractivity contribution in [2.45, 2.75) is 46.1 Å². The first-order valence-electron chi connectivity index (χ1n) is 7.38. The molecule has 0 aliphatic heterocycles. The summed E-state index contributed by atoms with van der Waals surface area (Å²) in [6.07, 6.45) is 6.05. The normalized spacial score (nSPS) is 10.9. The summed E-state index contributed by atoms with van der Waals surface area (Å²) in [7, 11) is 0. The molecule has 0 atom stereocenters. The van der Waals surface area contributed by atoms with Crippen LogP contribution >= 0.6 is 0 Å². The standard InChI is InChI=1S/C13H22N8/c1-4-7-15-11-18-12(17-10(5-2)6-3)20-13(19-11)21-9-14-8-16-21/h8-10H,4-7H2,1-3H3,(H2,15,17,18,19,20). The maximum absolute atomic E-state index is 4.41. The molecule has 0 amide bonds. The highest BCUT2D eigenvalue weighted by molar-refractivity contribution is 5.38. The molecule has 8 heteroatoms. The summed E-state index contributed by atoms with van der Waals surface area (Å²) in [5, 5.41) is 10.6. The molecule has 0 radical (unpaired) electrons. The molecule has 2 N–H and O–H groups in total. The molecule has 2 heterocycles. The highest BCUT2D eigenvalue weighted by atomic mass is 15.4. The van der Waals surface area contributed by atoms with Crippen molar-refractivity contribution in [1.29, 1.82) is 0 Å². The van der Waals surface area contributed by atoms with Crippen LogP contribution in [0.2, 0.25) is 0 Å². The van der Waals surface area contributed by atoms with Crippen LogP contribution in [0.5, 0.6) is 0 Å². The lowest BCUT2D eigenvalue weighted by molar-refractivity contribution is 0.661. The molecule has 2 aromatic heterocycles. The summed E-state index contributed by atoms with van der Waals surface area (Å²) < 4.78 is 1.52. The van der Waals surface area contributed by atoms with Crippen LogP contribution in [-0.4, -0.2) is 42.3 Å². The average Bonchev–Trinajstić information content (AvgIpc) is 3.05. The molecule has 0 aliphatic rings. The molecule has 2 rings (SSSR count). The second-order valence-corrected chi connectivity index (χ2v) is 4.71. The predicted octanol–water partition coefficient (Wildman–Crippen LogP) is 1.87. The topological polar surface area (TPSA) is 93.4 Å². The molecule has 0 bridgehead atoms. The molecule has 0 aliphatic carbocycles. The van der Waals surface area contributed by atoms with Gasteiger partial charge >= 0.3 is 0 Å². The van der Waals surface area contributed by atoms with Gasteiger partial charge in [-0.2, -0.15) is 24.7 Å². The Labute approximate surface area is 124 Å². The third-order valence-electron chi connectivity index (χ3n) is 3.10. The summed E-state index contributed by atoms with van der Waals surface area (Å²) in [5.41, 5.74) is 0. The lowest BCUT2D eigenvalue weighted by atomic mass is 10.2. The van der Waals surface area contributed by atoms with E-state index in [9.17, 15) is 0 Å². The molecule has 0 fully saturated rings. The Balaban J connectivity index is 2.28. The van der Waals surface area contributed by atoms with Crippen molar-refractivity contribution in [3.05, 3.63) is 12.7 Å². The SMILES string of the molecule is CCCNc1nc(NC(CC)CC)nc(-n2cncn2)n1. The first-order chi connectivity index (χ1) is 10.3. The first kappa shape index (κ1) is 15.1. The van der Waals surface area contributed by atoms with Crippen molar-refractivity contribution in [2.24, 2.45) is 0 Å². The van der Waals surface area contributed by atoms with Crippen molar-refractivity contribution >= 4 is 11.9 Å². The summed E-state index contributed by atoms with van der Waals surface area (Å²) in [6, 6.07) is 0.343. The number of hydrogen-bond acceptors (Lipinski definition) is 7. The molecule has 0 aromatic carbocycles. The molecule has 8 nitrogen and oxygen atoms in total. The number of hydrogen-bond donors (Lipinski definition) is 2. The zero-order valence-corrected chi connectivity index (χ0v) is 12.7. The lowest BCUT2D eigenvalue weighted by Crippen LogP contribution is -2.21. The van der Waals surface area contributed by atoms with Gasteiger partial charge in [0, 0.05) is 12.6 Å². The van der Waals surface area contributed by atoms with Gasteiger partial charge in [0.2, 0.25) is 11.9 Å². The van der Waals surface area contributed by atoms with Crippen LogP contribution in [0.25, 0.3) is 5.95 Å². The highest BCUT2D eigenvalue weighted by Crippen LogP contribution is 2.11. The molecule has 21 heavy (non-hydrogen) atoms. The fraction of sp³-hybridized carbons (Fsp3) is 0.615. The summed E-state index contributed by atoms with van der Waals surface area (Å²) >= 11 is 0. The second-order valence-electron chi connectivity index (χ2n) is 4.71. The maximum atomic E-state index is 4.41. The van der Waals surface area contributed by atoms with Gasteiger partial charge in [-0.1, -0.05) is 20.8 Å². The Bertz CT molecular complexity index is 535. The summed E-state index contributed by atoms with van der Waals surface area (Å²) in [6.45, 7) is 7.18. The summed E-state index contributed by atoms with van der Waals surface area (Å²) in [4.78, 5) is 17.1. The smallest absolute Gasteiger partial charge is 0.258 e. The van der Waals surface area contributed by atoms with E-state index in [0.29, 0.717) is 23.9 Å².